The molecule has 0 aromatic carbocycles. The van der Waals surface area contributed by atoms with Crippen LogP contribution in [-0.4, -0.2) is 23.3 Å². The summed E-state index contributed by atoms with van der Waals surface area (Å²) in [5.74, 6) is 1.77. The van der Waals surface area contributed by atoms with E-state index in [1.54, 1.807) is 16.7 Å². The highest BCUT2D eigenvalue weighted by Crippen LogP contribution is 2.66. The molecule has 0 bridgehead atoms. The molecule has 196 valence electrons. The highest BCUT2D eigenvalue weighted by molar-refractivity contribution is 5.69. The van der Waals surface area contributed by atoms with Crippen LogP contribution < -0.4 is 0 Å². The summed E-state index contributed by atoms with van der Waals surface area (Å²) in [4.78, 5) is 12.6. The summed E-state index contributed by atoms with van der Waals surface area (Å²) < 4.78 is 5.82. The van der Waals surface area contributed by atoms with Crippen molar-refractivity contribution in [2.24, 2.45) is 34.0 Å². The molecule has 2 fully saturated rings. The maximum atomic E-state index is 12.6. The van der Waals surface area contributed by atoms with Crippen molar-refractivity contribution in [3.8, 4) is 0 Å². The molecule has 0 radical (unpaired) electrons. The molecule has 6 atom stereocenters. The standard InChI is InChI=1S/C32H50O3/c1-21(11-16-29(34)35-22-9-7-6-8-10-22)24-13-14-25-23-12-15-27-30(2,3)28(33)18-20-32(27,5)26(23)17-19-31(24,25)4/h14,21-22,24,27-28,33H,6-13,15-20H2,1-5H3/t21-,24-,27+,28+,31-,32-/m1/s1. The first kappa shape index (κ1) is 25.6. The van der Waals surface area contributed by atoms with E-state index in [1.807, 2.05) is 0 Å². The lowest BCUT2D eigenvalue weighted by Gasteiger charge is -2.59. The average Bonchev–Trinajstić information content (AvgIpc) is 3.18. The van der Waals surface area contributed by atoms with Crippen LogP contribution in [0.15, 0.2) is 22.8 Å². The van der Waals surface area contributed by atoms with E-state index >= 15 is 0 Å². The van der Waals surface area contributed by atoms with Gasteiger partial charge in [0.15, 0.2) is 0 Å². The maximum Gasteiger partial charge on any atom is 0.306 e. The minimum atomic E-state index is -0.169. The Labute approximate surface area is 214 Å². The van der Waals surface area contributed by atoms with E-state index in [0.717, 1.165) is 38.5 Å². The summed E-state index contributed by atoms with van der Waals surface area (Å²) in [6.45, 7) is 12.1. The fourth-order valence-corrected chi connectivity index (χ4v) is 9.55. The van der Waals surface area contributed by atoms with Crippen molar-refractivity contribution >= 4 is 5.97 Å². The third-order valence-corrected chi connectivity index (χ3v) is 11.8. The van der Waals surface area contributed by atoms with Gasteiger partial charge < -0.3 is 9.84 Å². The summed E-state index contributed by atoms with van der Waals surface area (Å²) in [5, 5.41) is 10.8. The minimum Gasteiger partial charge on any atom is -0.462 e. The summed E-state index contributed by atoms with van der Waals surface area (Å²) in [6, 6.07) is 0. The van der Waals surface area contributed by atoms with E-state index in [2.05, 4.69) is 40.7 Å². The number of carbonyl (C=O) groups excluding carboxylic acids is 1. The molecule has 0 spiro atoms. The molecule has 5 aliphatic rings. The number of aliphatic hydroxyl groups is 1. The molecule has 3 nitrogen and oxygen atoms in total. The molecule has 35 heavy (non-hydrogen) atoms. The van der Waals surface area contributed by atoms with Crippen molar-refractivity contribution in [2.45, 2.75) is 137 Å². The minimum absolute atomic E-state index is 0.000376. The summed E-state index contributed by atoms with van der Waals surface area (Å²) in [6.07, 6.45) is 18.0. The number of carbonyl (C=O) groups is 1. The van der Waals surface area contributed by atoms with Crippen molar-refractivity contribution in [2.75, 3.05) is 0 Å². The van der Waals surface area contributed by atoms with Gasteiger partial charge in [0.1, 0.15) is 6.10 Å². The third-order valence-electron chi connectivity index (χ3n) is 11.8. The lowest BCUT2D eigenvalue weighted by Crippen LogP contribution is -2.53. The molecule has 0 saturated heterocycles. The number of rotatable bonds is 5. The Hall–Kier alpha value is -1.09. The number of allylic oxidation sites excluding steroid dienone is 4. The van der Waals surface area contributed by atoms with Gasteiger partial charge >= 0.3 is 5.97 Å². The first-order valence-electron chi connectivity index (χ1n) is 14.9. The second kappa shape index (κ2) is 9.34. The maximum absolute atomic E-state index is 12.6. The van der Waals surface area contributed by atoms with Crippen molar-refractivity contribution in [3.63, 3.8) is 0 Å². The van der Waals surface area contributed by atoms with Gasteiger partial charge in [-0.1, -0.05) is 52.7 Å². The zero-order chi connectivity index (χ0) is 25.0. The first-order valence-corrected chi connectivity index (χ1v) is 14.9. The van der Waals surface area contributed by atoms with Crippen LogP contribution >= 0.6 is 0 Å². The van der Waals surface area contributed by atoms with Gasteiger partial charge in [-0.05, 0) is 122 Å². The van der Waals surface area contributed by atoms with Gasteiger partial charge in [-0.3, -0.25) is 4.79 Å². The number of hydrogen-bond donors (Lipinski definition) is 1. The van der Waals surface area contributed by atoms with Crippen molar-refractivity contribution in [1.82, 2.24) is 0 Å². The number of esters is 1. The molecular formula is C32H50O3. The molecule has 1 N–H and O–H groups in total. The molecule has 2 saturated carbocycles. The Morgan fingerprint density at radius 3 is 2.51 bits per heavy atom. The summed E-state index contributed by atoms with van der Waals surface area (Å²) in [5.41, 5.74) is 5.57. The fraction of sp³-hybridized carbons (Fsp3) is 0.844. The number of ether oxygens (including phenoxy) is 1. The van der Waals surface area contributed by atoms with Gasteiger partial charge in [-0.2, -0.15) is 0 Å². The Morgan fingerprint density at radius 2 is 1.77 bits per heavy atom. The fourth-order valence-electron chi connectivity index (χ4n) is 9.55. The highest BCUT2D eigenvalue weighted by atomic mass is 16.5. The van der Waals surface area contributed by atoms with Crippen LogP contribution in [0.3, 0.4) is 0 Å². The molecule has 0 unspecified atom stereocenters. The van der Waals surface area contributed by atoms with E-state index in [0.29, 0.717) is 24.2 Å². The second-order valence-electron chi connectivity index (χ2n) is 14.0. The molecule has 0 heterocycles. The predicted molar refractivity (Wildman–Crippen MR) is 142 cm³/mol. The lowest BCUT2D eigenvalue weighted by molar-refractivity contribution is -0.151. The quantitative estimate of drug-likeness (QED) is 0.405. The van der Waals surface area contributed by atoms with E-state index in [4.69, 9.17) is 4.74 Å². The summed E-state index contributed by atoms with van der Waals surface area (Å²) >= 11 is 0. The van der Waals surface area contributed by atoms with E-state index in [1.165, 1.54) is 44.9 Å². The van der Waals surface area contributed by atoms with Crippen LogP contribution in [0.2, 0.25) is 0 Å². The highest BCUT2D eigenvalue weighted by Gasteiger charge is 2.57. The van der Waals surface area contributed by atoms with E-state index < -0.39 is 0 Å². The SMILES string of the molecule is C[C@H](CCC(=O)OC1CCCCC1)[C@H]1CC=C2C3=C(CC[C@@]21C)[C@@]1(C)CC[C@H](O)C(C)(C)[C@@H]1CC3. The van der Waals surface area contributed by atoms with E-state index in [9.17, 15) is 9.90 Å². The second-order valence-corrected chi connectivity index (χ2v) is 14.0. The van der Waals surface area contributed by atoms with Crippen molar-refractivity contribution in [3.05, 3.63) is 22.8 Å². The monoisotopic (exact) mass is 482 g/mol. The largest absolute Gasteiger partial charge is 0.462 e. The Balaban J connectivity index is 1.27. The van der Waals surface area contributed by atoms with Gasteiger partial charge in [-0.15, -0.1) is 0 Å². The van der Waals surface area contributed by atoms with Crippen LogP contribution in [0, 0.1) is 34.0 Å². The summed E-state index contributed by atoms with van der Waals surface area (Å²) in [7, 11) is 0. The van der Waals surface area contributed by atoms with Crippen molar-refractivity contribution in [1.29, 1.82) is 0 Å². The van der Waals surface area contributed by atoms with Crippen LogP contribution in [0.25, 0.3) is 0 Å². The molecule has 0 aliphatic heterocycles. The van der Waals surface area contributed by atoms with Gasteiger partial charge in [0.05, 0.1) is 6.10 Å². The Kier molecular flexibility index (Phi) is 6.82. The number of aliphatic hydroxyl groups excluding tert-OH is 1. The topological polar surface area (TPSA) is 46.5 Å². The molecule has 0 aromatic rings. The predicted octanol–water partition coefficient (Wildman–Crippen LogP) is 7.92. The molecule has 5 aliphatic carbocycles. The molecular weight excluding hydrogens is 432 g/mol. The lowest BCUT2D eigenvalue weighted by atomic mass is 9.46. The van der Waals surface area contributed by atoms with Crippen LogP contribution in [0.1, 0.15) is 125 Å². The molecule has 0 aromatic heterocycles. The van der Waals surface area contributed by atoms with Crippen molar-refractivity contribution < 1.29 is 14.6 Å². The molecule has 5 rings (SSSR count). The Morgan fingerprint density at radius 1 is 1.03 bits per heavy atom. The number of hydrogen-bond acceptors (Lipinski definition) is 3. The normalized spacial score (nSPS) is 39.8. The van der Waals surface area contributed by atoms with Crippen LogP contribution in [0.4, 0.5) is 0 Å². The number of fused-ring (bicyclic) bond motifs is 4. The zero-order valence-corrected chi connectivity index (χ0v) is 23.1. The van der Waals surface area contributed by atoms with Gasteiger partial charge in [0, 0.05) is 6.42 Å². The zero-order valence-electron chi connectivity index (χ0n) is 23.1. The smallest absolute Gasteiger partial charge is 0.306 e. The Bertz CT molecular complexity index is 890. The first-order chi connectivity index (χ1) is 16.6. The average molecular weight is 483 g/mol. The van der Waals surface area contributed by atoms with Gasteiger partial charge in [0.25, 0.3) is 0 Å². The molecule has 3 heteroatoms. The molecule has 0 amide bonds. The van der Waals surface area contributed by atoms with Crippen LogP contribution in [-0.2, 0) is 9.53 Å². The van der Waals surface area contributed by atoms with Gasteiger partial charge in [-0.25, -0.2) is 0 Å². The van der Waals surface area contributed by atoms with E-state index in [-0.39, 0.29) is 34.4 Å². The van der Waals surface area contributed by atoms with Gasteiger partial charge in [0.2, 0.25) is 0 Å². The van der Waals surface area contributed by atoms with Crippen LogP contribution in [0.5, 0.6) is 0 Å². The third kappa shape index (κ3) is 4.26.